The van der Waals surface area contributed by atoms with E-state index in [9.17, 15) is 9.90 Å². The Morgan fingerprint density at radius 3 is 2.85 bits per heavy atom. The molecule has 0 aliphatic heterocycles. The summed E-state index contributed by atoms with van der Waals surface area (Å²) in [4.78, 5) is 11.9. The van der Waals surface area contributed by atoms with E-state index < -0.39 is 6.10 Å². The first-order valence-electron chi connectivity index (χ1n) is 10.2. The van der Waals surface area contributed by atoms with Crippen LogP contribution in [0.3, 0.4) is 0 Å². The predicted octanol–water partition coefficient (Wildman–Crippen LogP) is 4.04. The maximum Gasteiger partial charge on any atom is 0.305 e. The molecule has 4 heteroatoms. The minimum Gasteiger partial charge on any atom is -0.462 e. The van der Waals surface area contributed by atoms with Gasteiger partial charge in [-0.3, -0.25) is 4.79 Å². The van der Waals surface area contributed by atoms with Crippen LogP contribution in [0.1, 0.15) is 59.3 Å². The van der Waals surface area contributed by atoms with E-state index in [-0.39, 0.29) is 28.8 Å². The van der Waals surface area contributed by atoms with Crippen molar-refractivity contribution >= 4 is 11.7 Å². The second-order valence-electron chi connectivity index (χ2n) is 9.26. The Labute approximate surface area is 156 Å². The molecular formula is C22H31NO3. The molecule has 0 heterocycles. The third-order valence-electron chi connectivity index (χ3n) is 8.00. The van der Waals surface area contributed by atoms with Crippen LogP contribution in [0.5, 0.6) is 0 Å². The average molecular weight is 357 g/mol. The largest absolute Gasteiger partial charge is 0.462 e. The molecule has 2 N–H and O–H groups in total. The fraction of sp³-hybridized carbons (Fsp3) is 0.727. The van der Waals surface area contributed by atoms with Gasteiger partial charge in [-0.1, -0.05) is 32.4 Å². The summed E-state index contributed by atoms with van der Waals surface area (Å²) in [5.74, 6) is 1.03. The van der Waals surface area contributed by atoms with Crippen molar-refractivity contribution in [3.8, 4) is 0 Å². The molecule has 0 aromatic carbocycles. The van der Waals surface area contributed by atoms with E-state index in [1.54, 1.807) is 0 Å². The van der Waals surface area contributed by atoms with Gasteiger partial charge in [-0.05, 0) is 56.1 Å². The second kappa shape index (κ2) is 6.05. The number of fused-ring (bicyclic) bond motifs is 5. The van der Waals surface area contributed by atoms with Gasteiger partial charge in [-0.25, -0.2) is 0 Å². The number of allylic oxidation sites excluding steroid dienone is 4. The number of hydrogen-bond donors (Lipinski definition) is 2. The highest BCUT2D eigenvalue weighted by atomic mass is 16.5. The van der Waals surface area contributed by atoms with E-state index in [2.05, 4.69) is 19.9 Å². The summed E-state index contributed by atoms with van der Waals surface area (Å²) in [6, 6.07) is 0. The Morgan fingerprint density at radius 2 is 2.12 bits per heavy atom. The van der Waals surface area contributed by atoms with Gasteiger partial charge in [0.15, 0.2) is 0 Å². The zero-order valence-electron chi connectivity index (χ0n) is 16.1. The molecule has 0 spiro atoms. The molecule has 3 fully saturated rings. The maximum absolute atomic E-state index is 11.9. The van der Waals surface area contributed by atoms with Gasteiger partial charge in [0, 0.05) is 23.2 Å². The molecule has 4 rings (SSSR count). The fourth-order valence-corrected chi connectivity index (χ4v) is 6.74. The fourth-order valence-electron chi connectivity index (χ4n) is 6.74. The summed E-state index contributed by atoms with van der Waals surface area (Å²) in [5.41, 5.74) is 1.61. The van der Waals surface area contributed by atoms with Gasteiger partial charge in [0.1, 0.15) is 6.10 Å². The van der Waals surface area contributed by atoms with E-state index in [4.69, 9.17) is 10.1 Å². The number of aliphatic hydroxyl groups excluding tert-OH is 1. The van der Waals surface area contributed by atoms with Gasteiger partial charge in [-0.2, -0.15) is 0 Å². The molecule has 0 aromatic rings. The maximum atomic E-state index is 11.9. The molecule has 26 heavy (non-hydrogen) atoms. The van der Waals surface area contributed by atoms with E-state index >= 15 is 0 Å². The number of rotatable bonds is 2. The topological polar surface area (TPSA) is 70.4 Å². The monoisotopic (exact) mass is 357 g/mol. The van der Waals surface area contributed by atoms with E-state index in [1.165, 1.54) is 5.57 Å². The van der Waals surface area contributed by atoms with Crippen LogP contribution in [0.2, 0.25) is 0 Å². The quantitative estimate of drug-likeness (QED) is 0.733. The van der Waals surface area contributed by atoms with E-state index in [1.807, 2.05) is 19.1 Å². The zero-order chi connectivity index (χ0) is 18.7. The Balaban J connectivity index is 1.66. The van der Waals surface area contributed by atoms with Crippen molar-refractivity contribution in [3.63, 3.8) is 0 Å². The number of nitrogens with one attached hydrogen (secondary N) is 1. The van der Waals surface area contributed by atoms with Crippen LogP contribution in [0.4, 0.5) is 0 Å². The number of carbonyl (C=O) groups is 1. The van der Waals surface area contributed by atoms with Crippen molar-refractivity contribution in [3.05, 3.63) is 23.8 Å². The van der Waals surface area contributed by atoms with Crippen LogP contribution in [0.25, 0.3) is 0 Å². The molecular weight excluding hydrogens is 326 g/mol. The van der Waals surface area contributed by atoms with E-state index in [0.29, 0.717) is 30.4 Å². The number of hydrogen-bond acceptors (Lipinski definition) is 4. The Kier molecular flexibility index (Phi) is 4.18. The van der Waals surface area contributed by atoms with Gasteiger partial charge in [0.25, 0.3) is 0 Å². The van der Waals surface area contributed by atoms with Gasteiger partial charge in [0.2, 0.25) is 0 Å². The second-order valence-corrected chi connectivity index (χ2v) is 9.26. The smallest absolute Gasteiger partial charge is 0.305 e. The molecule has 4 nitrogen and oxygen atoms in total. The lowest BCUT2D eigenvalue weighted by Gasteiger charge is -2.58. The molecule has 4 aliphatic rings. The van der Waals surface area contributed by atoms with Crippen LogP contribution >= 0.6 is 0 Å². The average Bonchev–Trinajstić information content (AvgIpc) is 2.91. The highest BCUT2D eigenvalue weighted by Crippen LogP contribution is 2.64. The first-order valence-corrected chi connectivity index (χ1v) is 10.2. The summed E-state index contributed by atoms with van der Waals surface area (Å²) in [7, 11) is 0. The molecule has 0 bridgehead atoms. The molecule has 3 saturated carbocycles. The third kappa shape index (κ3) is 2.45. The standard InChI is InChI=1S/C22H31NO3/c1-4-19(25)26-18-8-7-16-15-6-5-13-11-14(23)9-10-21(13,2)20(15)17(24)12-22(16,18)3/h9-11,15-18,20,23-24H,4-8,12H2,1-3H3/t15-,16?,17?,18+,20?,21-,22-/m0/s1. The Morgan fingerprint density at radius 1 is 1.35 bits per heavy atom. The Hall–Kier alpha value is -1.42. The summed E-state index contributed by atoms with van der Waals surface area (Å²) >= 11 is 0. The van der Waals surface area contributed by atoms with Crippen molar-refractivity contribution < 1.29 is 14.6 Å². The van der Waals surface area contributed by atoms with Crippen LogP contribution in [0.15, 0.2) is 23.8 Å². The van der Waals surface area contributed by atoms with Crippen molar-refractivity contribution in [2.75, 3.05) is 0 Å². The third-order valence-corrected chi connectivity index (χ3v) is 8.00. The zero-order valence-corrected chi connectivity index (χ0v) is 16.1. The lowest BCUT2D eigenvalue weighted by atomic mass is 9.47. The van der Waals surface area contributed by atoms with Gasteiger partial charge in [-0.15, -0.1) is 0 Å². The van der Waals surface area contributed by atoms with Gasteiger partial charge < -0.3 is 15.3 Å². The number of aliphatic hydroxyl groups is 1. The van der Waals surface area contributed by atoms with Gasteiger partial charge >= 0.3 is 5.97 Å². The van der Waals surface area contributed by atoms with Crippen LogP contribution in [-0.4, -0.2) is 29.0 Å². The van der Waals surface area contributed by atoms with Crippen molar-refractivity contribution in [1.29, 1.82) is 5.41 Å². The Bertz CT molecular complexity index is 696. The van der Waals surface area contributed by atoms with Crippen molar-refractivity contribution in [2.45, 2.75) is 71.5 Å². The number of carbonyl (C=O) groups excluding carboxylic acids is 1. The van der Waals surface area contributed by atoms with Crippen LogP contribution in [-0.2, 0) is 9.53 Å². The van der Waals surface area contributed by atoms with Gasteiger partial charge in [0.05, 0.1) is 11.8 Å². The molecule has 0 aromatic heterocycles. The van der Waals surface area contributed by atoms with E-state index in [0.717, 1.165) is 25.7 Å². The number of ether oxygens (including phenoxy) is 1. The van der Waals surface area contributed by atoms with Crippen LogP contribution < -0.4 is 0 Å². The molecule has 7 atom stereocenters. The first kappa shape index (κ1) is 18.0. The summed E-state index contributed by atoms with van der Waals surface area (Å²) in [6.07, 6.45) is 10.8. The summed E-state index contributed by atoms with van der Waals surface area (Å²) < 4.78 is 5.80. The highest BCUT2D eigenvalue weighted by Gasteiger charge is 2.62. The van der Waals surface area contributed by atoms with Crippen molar-refractivity contribution in [1.82, 2.24) is 0 Å². The lowest BCUT2D eigenvalue weighted by Crippen LogP contribution is -2.56. The lowest BCUT2D eigenvalue weighted by molar-refractivity contribution is -0.167. The minimum absolute atomic E-state index is 0.0598. The molecule has 0 amide bonds. The highest BCUT2D eigenvalue weighted by molar-refractivity contribution is 6.03. The normalized spacial score (nSPS) is 46.8. The molecule has 4 aliphatic carbocycles. The van der Waals surface area contributed by atoms with Crippen LogP contribution in [0, 0.1) is 34.0 Å². The number of esters is 1. The minimum atomic E-state index is -0.396. The molecule has 3 unspecified atom stereocenters. The first-order chi connectivity index (χ1) is 12.3. The molecule has 0 radical (unpaired) electrons. The predicted molar refractivity (Wildman–Crippen MR) is 101 cm³/mol. The summed E-state index contributed by atoms with van der Waals surface area (Å²) in [6.45, 7) is 6.32. The SMILES string of the molecule is CCC(=O)O[C@@H]1CCC2[C@@H]3CCC4=CC(=N)C=C[C@]4(C)C3C(O)C[C@@]21C. The summed E-state index contributed by atoms with van der Waals surface area (Å²) in [5, 5.41) is 19.2. The van der Waals surface area contributed by atoms with Crippen molar-refractivity contribution in [2.24, 2.45) is 28.6 Å². The molecule has 0 saturated heterocycles. The molecule has 142 valence electrons.